The number of halogens is 2. The van der Waals surface area contributed by atoms with Crippen molar-refractivity contribution in [1.82, 2.24) is 0 Å². The molecule has 1 aliphatic carbocycles. The van der Waals surface area contributed by atoms with Crippen LogP contribution >= 0.6 is 0 Å². The van der Waals surface area contributed by atoms with Gasteiger partial charge in [-0.1, -0.05) is 0 Å². The van der Waals surface area contributed by atoms with Gasteiger partial charge in [0, 0.05) is 5.92 Å². The Labute approximate surface area is 79.7 Å². The predicted molar refractivity (Wildman–Crippen MR) is 46.4 cm³/mol. The van der Waals surface area contributed by atoms with Gasteiger partial charge in [-0.15, -0.1) is 0 Å². The maximum Gasteiger partial charge on any atom is 0.221 e. The van der Waals surface area contributed by atoms with E-state index in [1.807, 2.05) is 0 Å². The van der Waals surface area contributed by atoms with Crippen LogP contribution in [0.1, 0.15) is 17.9 Å². The molecule has 14 heavy (non-hydrogen) atoms. The highest BCUT2D eigenvalue weighted by Crippen LogP contribution is 2.48. The van der Waals surface area contributed by atoms with Crippen LogP contribution in [0.15, 0.2) is 18.2 Å². The average molecular weight is 197 g/mol. The molecule has 0 radical (unpaired) electrons. The molecule has 0 heterocycles. The van der Waals surface area contributed by atoms with Crippen molar-refractivity contribution in [3.05, 3.63) is 35.4 Å². The van der Waals surface area contributed by atoms with E-state index in [2.05, 4.69) is 0 Å². The van der Waals surface area contributed by atoms with Gasteiger partial charge in [0.15, 0.2) is 0 Å². The van der Waals surface area contributed by atoms with Gasteiger partial charge in [0.1, 0.15) is 11.6 Å². The average Bonchev–Trinajstić information content (AvgIpc) is 2.88. The molecule has 2 nitrogen and oxygen atoms in total. The summed E-state index contributed by atoms with van der Waals surface area (Å²) in [6, 6.07) is 3.25. The largest absolute Gasteiger partial charge is 0.369 e. The van der Waals surface area contributed by atoms with Crippen molar-refractivity contribution in [2.45, 2.75) is 12.3 Å². The highest BCUT2D eigenvalue weighted by atomic mass is 19.1. The Morgan fingerprint density at radius 2 is 2.14 bits per heavy atom. The van der Waals surface area contributed by atoms with Gasteiger partial charge in [0.2, 0.25) is 5.91 Å². The van der Waals surface area contributed by atoms with E-state index < -0.39 is 17.5 Å². The van der Waals surface area contributed by atoms with Crippen LogP contribution in [0, 0.1) is 17.6 Å². The number of nitrogens with two attached hydrogens (primary N) is 1. The van der Waals surface area contributed by atoms with Crippen molar-refractivity contribution in [3.63, 3.8) is 0 Å². The molecule has 0 aliphatic heterocycles. The van der Waals surface area contributed by atoms with Crippen LogP contribution in [0.3, 0.4) is 0 Å². The fraction of sp³-hybridized carbons (Fsp3) is 0.300. The first-order valence-electron chi connectivity index (χ1n) is 4.34. The topological polar surface area (TPSA) is 43.1 Å². The molecule has 1 aliphatic rings. The number of carbonyl (C=O) groups is 1. The molecule has 1 aromatic rings. The zero-order valence-electron chi connectivity index (χ0n) is 7.34. The molecule has 0 aromatic heterocycles. The maximum atomic E-state index is 13.2. The highest BCUT2D eigenvalue weighted by molar-refractivity contribution is 5.81. The second-order valence-electron chi connectivity index (χ2n) is 3.52. The van der Waals surface area contributed by atoms with Crippen molar-refractivity contribution < 1.29 is 13.6 Å². The smallest absolute Gasteiger partial charge is 0.221 e. The Morgan fingerprint density at radius 3 is 2.71 bits per heavy atom. The Balaban J connectivity index is 2.26. The van der Waals surface area contributed by atoms with Crippen LogP contribution in [0.2, 0.25) is 0 Å². The lowest BCUT2D eigenvalue weighted by Crippen LogP contribution is -2.13. The van der Waals surface area contributed by atoms with Gasteiger partial charge in [-0.05, 0) is 36.1 Å². The van der Waals surface area contributed by atoms with Crippen molar-refractivity contribution in [1.29, 1.82) is 0 Å². The first-order valence-corrected chi connectivity index (χ1v) is 4.34. The first kappa shape index (κ1) is 9.12. The molecule has 0 saturated heterocycles. The quantitative estimate of drug-likeness (QED) is 0.768. The number of carbonyl (C=O) groups excluding carboxylic acids is 1. The second kappa shape index (κ2) is 3.04. The lowest BCUT2D eigenvalue weighted by molar-refractivity contribution is -0.119. The maximum absolute atomic E-state index is 13.2. The summed E-state index contributed by atoms with van der Waals surface area (Å²) in [5, 5.41) is 0. The second-order valence-corrected chi connectivity index (χ2v) is 3.52. The molecule has 1 saturated carbocycles. The van der Waals surface area contributed by atoms with Crippen LogP contribution in [-0.2, 0) is 4.79 Å². The van der Waals surface area contributed by atoms with E-state index in [1.165, 1.54) is 0 Å². The molecule has 74 valence electrons. The molecule has 2 rings (SSSR count). The van der Waals surface area contributed by atoms with E-state index in [0.29, 0.717) is 6.42 Å². The number of hydrogen-bond donors (Lipinski definition) is 1. The summed E-state index contributed by atoms with van der Waals surface area (Å²) >= 11 is 0. The number of hydrogen-bond acceptors (Lipinski definition) is 1. The molecule has 0 unspecified atom stereocenters. The minimum atomic E-state index is -0.489. The number of amides is 1. The third kappa shape index (κ3) is 1.47. The zero-order valence-corrected chi connectivity index (χ0v) is 7.34. The van der Waals surface area contributed by atoms with Gasteiger partial charge in [0.25, 0.3) is 0 Å². The third-order valence-corrected chi connectivity index (χ3v) is 2.51. The van der Waals surface area contributed by atoms with E-state index >= 15 is 0 Å². The van der Waals surface area contributed by atoms with E-state index in [-0.39, 0.29) is 17.4 Å². The highest BCUT2D eigenvalue weighted by Gasteiger charge is 2.44. The van der Waals surface area contributed by atoms with Crippen LogP contribution in [0.25, 0.3) is 0 Å². The molecular formula is C10H9F2NO. The van der Waals surface area contributed by atoms with Gasteiger partial charge in [-0.25, -0.2) is 8.78 Å². The summed E-state index contributed by atoms with van der Waals surface area (Å²) in [5.41, 5.74) is 5.32. The summed E-state index contributed by atoms with van der Waals surface area (Å²) in [6.07, 6.45) is 0.524. The zero-order chi connectivity index (χ0) is 10.3. The summed E-state index contributed by atoms with van der Waals surface area (Å²) in [4.78, 5) is 10.7. The Kier molecular flexibility index (Phi) is 1.98. The summed E-state index contributed by atoms with van der Waals surface area (Å²) in [5.74, 6) is -1.97. The van der Waals surface area contributed by atoms with Crippen LogP contribution in [-0.4, -0.2) is 5.91 Å². The van der Waals surface area contributed by atoms with E-state index in [0.717, 1.165) is 18.2 Å². The van der Waals surface area contributed by atoms with E-state index in [9.17, 15) is 13.6 Å². The summed E-state index contributed by atoms with van der Waals surface area (Å²) < 4.78 is 26.0. The lowest BCUT2D eigenvalue weighted by Gasteiger charge is -2.00. The predicted octanol–water partition coefficient (Wildman–Crippen LogP) is 1.55. The van der Waals surface area contributed by atoms with Gasteiger partial charge in [-0.3, -0.25) is 4.79 Å². The van der Waals surface area contributed by atoms with Crippen LogP contribution in [0.4, 0.5) is 8.78 Å². The molecule has 2 N–H and O–H groups in total. The van der Waals surface area contributed by atoms with Gasteiger partial charge in [-0.2, -0.15) is 0 Å². The minimum absolute atomic E-state index is 0.233. The molecule has 0 spiro atoms. The Morgan fingerprint density at radius 1 is 1.43 bits per heavy atom. The monoisotopic (exact) mass is 197 g/mol. The molecule has 1 fully saturated rings. The van der Waals surface area contributed by atoms with Gasteiger partial charge < -0.3 is 5.73 Å². The number of primary amides is 1. The minimum Gasteiger partial charge on any atom is -0.369 e. The first-order chi connectivity index (χ1) is 6.59. The van der Waals surface area contributed by atoms with Gasteiger partial charge >= 0.3 is 0 Å². The SMILES string of the molecule is NC(=O)[C@H]1C[C@H]1c1cc(F)ccc1F. The van der Waals surface area contributed by atoms with E-state index in [1.54, 1.807) is 0 Å². The normalized spacial score (nSPS) is 24.7. The van der Waals surface area contributed by atoms with Crippen molar-refractivity contribution in [2.75, 3.05) is 0 Å². The molecule has 4 heteroatoms. The third-order valence-electron chi connectivity index (χ3n) is 2.51. The van der Waals surface area contributed by atoms with Crippen LogP contribution in [0.5, 0.6) is 0 Å². The fourth-order valence-electron chi connectivity index (χ4n) is 1.65. The lowest BCUT2D eigenvalue weighted by atomic mass is 10.1. The molecule has 0 bridgehead atoms. The Bertz CT molecular complexity index is 392. The van der Waals surface area contributed by atoms with Crippen molar-refractivity contribution >= 4 is 5.91 Å². The summed E-state index contributed by atoms with van der Waals surface area (Å²) in [7, 11) is 0. The fourth-order valence-corrected chi connectivity index (χ4v) is 1.65. The molecule has 1 amide bonds. The van der Waals surface area contributed by atoms with Crippen molar-refractivity contribution in [3.8, 4) is 0 Å². The standard InChI is InChI=1S/C10H9F2NO/c11-5-1-2-9(12)7(3-5)6-4-8(6)10(13)14/h1-3,6,8H,4H2,(H2,13,14)/t6-,8-/m0/s1. The molecule has 1 aromatic carbocycles. The number of rotatable bonds is 2. The van der Waals surface area contributed by atoms with Crippen LogP contribution < -0.4 is 5.73 Å². The molecular weight excluding hydrogens is 188 g/mol. The van der Waals surface area contributed by atoms with E-state index in [4.69, 9.17) is 5.73 Å². The summed E-state index contributed by atoms with van der Waals surface area (Å²) in [6.45, 7) is 0. The van der Waals surface area contributed by atoms with Crippen molar-refractivity contribution in [2.24, 2.45) is 11.7 Å². The number of benzene rings is 1. The van der Waals surface area contributed by atoms with Gasteiger partial charge in [0.05, 0.1) is 0 Å². The Hall–Kier alpha value is -1.45. The molecule has 2 atom stereocenters.